The van der Waals surface area contributed by atoms with Crippen LogP contribution in [0, 0.1) is 0 Å². The minimum Gasteiger partial charge on any atom is -0.497 e. The molecule has 0 bridgehead atoms. The Hall–Kier alpha value is -2.89. The number of fused-ring (bicyclic) bond motifs is 2. The lowest BCUT2D eigenvalue weighted by Gasteiger charge is -2.30. The quantitative estimate of drug-likeness (QED) is 0.555. The first-order chi connectivity index (χ1) is 14.2. The predicted molar refractivity (Wildman–Crippen MR) is 116 cm³/mol. The Balaban J connectivity index is 1.52. The smallest absolute Gasteiger partial charge is 0.137 e. The maximum absolute atomic E-state index is 6.14. The number of hydrogen-bond acceptors (Lipinski definition) is 5. The summed E-state index contributed by atoms with van der Waals surface area (Å²) in [5, 5.41) is 3.30. The van der Waals surface area contributed by atoms with Crippen molar-refractivity contribution in [1.29, 1.82) is 0 Å². The molecular weight excluding hydrogens is 362 g/mol. The van der Waals surface area contributed by atoms with Crippen molar-refractivity contribution in [3.05, 3.63) is 60.4 Å². The number of nitrogens with two attached hydrogens (primary N) is 1. The second-order valence-corrected chi connectivity index (χ2v) is 7.87. The molecule has 5 nitrogen and oxygen atoms in total. The summed E-state index contributed by atoms with van der Waals surface area (Å²) in [7, 11) is 1.67. The van der Waals surface area contributed by atoms with E-state index in [-0.39, 0.29) is 0 Å². The summed E-state index contributed by atoms with van der Waals surface area (Å²) >= 11 is 0. The van der Waals surface area contributed by atoms with Gasteiger partial charge in [0.1, 0.15) is 17.1 Å². The highest BCUT2D eigenvalue weighted by Crippen LogP contribution is 2.34. The standard InChI is InChI=1S/C24H25N3O2/c1-28-20-4-5-23-18(11-20)12-24(29-23)22-14-26-13-17-3-2-16(10-21(17)22)15-27-8-6-19(25)7-9-27/h2-5,10-14,19H,6-9,15,25H2,1H3. The Labute approximate surface area is 170 Å². The molecule has 2 aromatic carbocycles. The fourth-order valence-corrected chi connectivity index (χ4v) is 4.16. The molecule has 0 radical (unpaired) electrons. The summed E-state index contributed by atoms with van der Waals surface area (Å²) in [6.45, 7) is 3.07. The highest BCUT2D eigenvalue weighted by molar-refractivity contribution is 5.97. The summed E-state index contributed by atoms with van der Waals surface area (Å²) < 4.78 is 11.5. The third kappa shape index (κ3) is 3.59. The van der Waals surface area contributed by atoms with Crippen LogP contribution < -0.4 is 10.5 Å². The van der Waals surface area contributed by atoms with Crippen LogP contribution in [0.2, 0.25) is 0 Å². The number of ether oxygens (including phenoxy) is 1. The summed E-state index contributed by atoms with van der Waals surface area (Å²) in [5.41, 5.74) is 9.21. The molecule has 3 heterocycles. The lowest BCUT2D eigenvalue weighted by Crippen LogP contribution is -2.39. The number of hydrogen-bond donors (Lipinski definition) is 1. The van der Waals surface area contributed by atoms with Crippen molar-refractivity contribution in [1.82, 2.24) is 9.88 Å². The van der Waals surface area contributed by atoms with Crippen molar-refractivity contribution in [3.8, 4) is 17.1 Å². The Bertz CT molecular complexity index is 1160. The zero-order valence-corrected chi connectivity index (χ0v) is 16.6. The third-order valence-electron chi connectivity index (χ3n) is 5.85. The molecule has 148 valence electrons. The first kappa shape index (κ1) is 18.2. The molecule has 0 spiro atoms. The molecule has 0 saturated carbocycles. The molecule has 4 aromatic rings. The molecular formula is C24H25N3O2. The number of nitrogens with zero attached hydrogens (tertiary/aromatic N) is 2. The molecule has 0 atom stereocenters. The van der Waals surface area contributed by atoms with Gasteiger partial charge in [-0.25, -0.2) is 0 Å². The van der Waals surface area contributed by atoms with Crippen LogP contribution in [0.1, 0.15) is 18.4 Å². The fourth-order valence-electron chi connectivity index (χ4n) is 4.16. The highest BCUT2D eigenvalue weighted by Gasteiger charge is 2.17. The van der Waals surface area contributed by atoms with E-state index >= 15 is 0 Å². The van der Waals surface area contributed by atoms with E-state index in [0.717, 1.165) is 71.3 Å². The van der Waals surface area contributed by atoms with Crippen LogP contribution >= 0.6 is 0 Å². The number of aromatic nitrogens is 1. The minimum atomic E-state index is 0.354. The van der Waals surface area contributed by atoms with Gasteiger partial charge in [-0.1, -0.05) is 12.1 Å². The minimum absolute atomic E-state index is 0.354. The van der Waals surface area contributed by atoms with Gasteiger partial charge in [0.05, 0.1) is 7.11 Å². The molecule has 1 fully saturated rings. The summed E-state index contributed by atoms with van der Waals surface area (Å²) in [4.78, 5) is 6.92. The molecule has 0 aliphatic carbocycles. The number of likely N-dealkylation sites (tertiary alicyclic amines) is 1. The maximum Gasteiger partial charge on any atom is 0.137 e. The Kier molecular flexibility index (Phi) is 4.70. The Morgan fingerprint density at radius 3 is 2.76 bits per heavy atom. The average Bonchev–Trinajstić information content (AvgIpc) is 3.18. The molecule has 0 unspecified atom stereocenters. The van der Waals surface area contributed by atoms with Gasteiger partial charge in [0.2, 0.25) is 0 Å². The van der Waals surface area contributed by atoms with E-state index < -0.39 is 0 Å². The normalized spacial score (nSPS) is 15.9. The van der Waals surface area contributed by atoms with Crippen LogP contribution in [0.5, 0.6) is 5.75 Å². The van der Waals surface area contributed by atoms with Gasteiger partial charge in [0, 0.05) is 41.3 Å². The van der Waals surface area contributed by atoms with E-state index in [0.29, 0.717) is 6.04 Å². The van der Waals surface area contributed by atoms with Crippen molar-refractivity contribution in [2.75, 3.05) is 20.2 Å². The fraction of sp³-hybridized carbons (Fsp3) is 0.292. The van der Waals surface area contributed by atoms with Crippen LogP contribution in [0.15, 0.2) is 59.3 Å². The Morgan fingerprint density at radius 1 is 1.07 bits per heavy atom. The number of rotatable bonds is 4. The van der Waals surface area contributed by atoms with Gasteiger partial charge < -0.3 is 14.9 Å². The van der Waals surface area contributed by atoms with Crippen LogP contribution in [0.3, 0.4) is 0 Å². The second-order valence-electron chi connectivity index (χ2n) is 7.87. The first-order valence-corrected chi connectivity index (χ1v) is 10.1. The van der Waals surface area contributed by atoms with Gasteiger partial charge in [-0.3, -0.25) is 9.88 Å². The third-order valence-corrected chi connectivity index (χ3v) is 5.85. The lowest BCUT2D eigenvalue weighted by molar-refractivity contribution is 0.206. The molecule has 0 amide bonds. The average molecular weight is 387 g/mol. The SMILES string of the molecule is COc1ccc2oc(-c3cncc4ccc(CN5CCC(N)CC5)cc34)cc2c1. The lowest BCUT2D eigenvalue weighted by atomic mass is 10.0. The van der Waals surface area contributed by atoms with E-state index in [9.17, 15) is 0 Å². The topological polar surface area (TPSA) is 64.5 Å². The number of piperidine rings is 1. The van der Waals surface area contributed by atoms with E-state index in [1.54, 1.807) is 7.11 Å². The molecule has 1 aliphatic rings. The van der Waals surface area contributed by atoms with E-state index in [1.807, 2.05) is 30.6 Å². The summed E-state index contributed by atoms with van der Waals surface area (Å²) in [5.74, 6) is 1.65. The molecule has 29 heavy (non-hydrogen) atoms. The molecule has 2 N–H and O–H groups in total. The van der Waals surface area contributed by atoms with Gasteiger partial charge in [-0.05, 0) is 67.2 Å². The Morgan fingerprint density at radius 2 is 1.93 bits per heavy atom. The summed E-state index contributed by atoms with van der Waals surface area (Å²) in [6.07, 6.45) is 5.95. The van der Waals surface area contributed by atoms with Gasteiger partial charge >= 0.3 is 0 Å². The zero-order valence-electron chi connectivity index (χ0n) is 16.6. The highest BCUT2D eigenvalue weighted by atomic mass is 16.5. The number of furan rings is 1. The molecule has 5 heteroatoms. The second kappa shape index (κ2) is 7.50. The van der Waals surface area contributed by atoms with E-state index in [1.165, 1.54) is 5.56 Å². The zero-order chi connectivity index (χ0) is 19.8. The summed E-state index contributed by atoms with van der Waals surface area (Å²) in [6, 6.07) is 14.9. The van der Waals surface area contributed by atoms with Crippen molar-refractivity contribution in [2.45, 2.75) is 25.4 Å². The predicted octanol–water partition coefficient (Wildman–Crippen LogP) is 4.58. The van der Waals surface area contributed by atoms with Crippen LogP contribution in [0.25, 0.3) is 33.1 Å². The van der Waals surface area contributed by atoms with Crippen molar-refractivity contribution < 1.29 is 9.15 Å². The van der Waals surface area contributed by atoms with Crippen molar-refractivity contribution in [3.63, 3.8) is 0 Å². The van der Waals surface area contributed by atoms with Gasteiger partial charge in [0.25, 0.3) is 0 Å². The molecule has 1 saturated heterocycles. The van der Waals surface area contributed by atoms with Crippen LogP contribution in [0.4, 0.5) is 0 Å². The number of benzene rings is 2. The molecule has 1 aliphatic heterocycles. The number of pyridine rings is 1. The van der Waals surface area contributed by atoms with E-state index in [4.69, 9.17) is 14.9 Å². The van der Waals surface area contributed by atoms with Crippen molar-refractivity contribution >= 4 is 21.7 Å². The van der Waals surface area contributed by atoms with Crippen LogP contribution in [-0.2, 0) is 6.54 Å². The number of methoxy groups -OCH3 is 1. The van der Waals surface area contributed by atoms with Gasteiger partial charge in [-0.2, -0.15) is 0 Å². The monoisotopic (exact) mass is 387 g/mol. The maximum atomic E-state index is 6.14. The first-order valence-electron chi connectivity index (χ1n) is 10.1. The van der Waals surface area contributed by atoms with E-state index in [2.05, 4.69) is 34.1 Å². The largest absolute Gasteiger partial charge is 0.497 e. The molecule has 2 aromatic heterocycles. The molecule has 5 rings (SSSR count). The van der Waals surface area contributed by atoms with Gasteiger partial charge in [-0.15, -0.1) is 0 Å². The van der Waals surface area contributed by atoms with Crippen LogP contribution in [-0.4, -0.2) is 36.1 Å². The van der Waals surface area contributed by atoms with Gasteiger partial charge in [0.15, 0.2) is 0 Å². The van der Waals surface area contributed by atoms with Crippen molar-refractivity contribution in [2.24, 2.45) is 5.73 Å².